The maximum atomic E-state index is 5.68. The molecular formula is C20H32IN5O4. The van der Waals surface area contributed by atoms with E-state index >= 15 is 0 Å². The number of anilines is 1. The Morgan fingerprint density at radius 2 is 1.93 bits per heavy atom. The summed E-state index contributed by atoms with van der Waals surface area (Å²) >= 11 is 0. The molecule has 10 heteroatoms. The third-order valence-corrected chi connectivity index (χ3v) is 3.62. The lowest BCUT2D eigenvalue weighted by atomic mass is 10.3. The van der Waals surface area contributed by atoms with Crippen LogP contribution in [0.15, 0.2) is 33.8 Å². The zero-order chi connectivity index (χ0) is 20.9. The van der Waals surface area contributed by atoms with Crippen LogP contribution in [0.4, 0.5) is 5.69 Å². The number of rotatable bonds is 12. The molecule has 1 heterocycles. The zero-order valence-corrected chi connectivity index (χ0v) is 20.3. The molecule has 0 aliphatic heterocycles. The van der Waals surface area contributed by atoms with Crippen LogP contribution in [-0.2, 0) is 16.0 Å². The first-order valence-electron chi connectivity index (χ1n) is 9.74. The molecule has 0 aliphatic carbocycles. The van der Waals surface area contributed by atoms with Gasteiger partial charge in [-0.25, -0.2) is 4.99 Å². The standard InChI is InChI=1S/C20H31N5O4.HI/c1-15(2)28-18-8-6-17(7-9-18)24-20(21-10-5-11-27-13-12-26-4)22-14-19-23-16(3)25-29-19;/h6-9,15H,5,10-14H2,1-4H3,(H2,21,22,24);1H. The molecule has 168 valence electrons. The molecule has 0 bridgehead atoms. The number of ether oxygens (including phenoxy) is 3. The fourth-order valence-corrected chi connectivity index (χ4v) is 2.34. The van der Waals surface area contributed by atoms with Crippen molar-refractivity contribution in [3.05, 3.63) is 36.0 Å². The fraction of sp³-hybridized carbons (Fsp3) is 0.550. The van der Waals surface area contributed by atoms with Gasteiger partial charge in [0.1, 0.15) is 12.3 Å². The lowest BCUT2D eigenvalue weighted by Crippen LogP contribution is -2.32. The smallest absolute Gasteiger partial charge is 0.248 e. The van der Waals surface area contributed by atoms with Gasteiger partial charge in [0.25, 0.3) is 0 Å². The number of nitrogens with zero attached hydrogens (tertiary/aromatic N) is 3. The first-order valence-corrected chi connectivity index (χ1v) is 9.74. The summed E-state index contributed by atoms with van der Waals surface area (Å²) < 4.78 is 21.2. The normalized spacial score (nSPS) is 11.3. The van der Waals surface area contributed by atoms with Crippen molar-refractivity contribution in [3.63, 3.8) is 0 Å². The van der Waals surface area contributed by atoms with Gasteiger partial charge in [0.2, 0.25) is 5.89 Å². The first kappa shape index (κ1) is 26.1. The highest BCUT2D eigenvalue weighted by molar-refractivity contribution is 14.0. The van der Waals surface area contributed by atoms with Gasteiger partial charge in [0.05, 0.1) is 19.3 Å². The highest BCUT2D eigenvalue weighted by atomic mass is 127. The van der Waals surface area contributed by atoms with Gasteiger partial charge in [0.15, 0.2) is 11.8 Å². The molecule has 1 aromatic heterocycles. The molecule has 30 heavy (non-hydrogen) atoms. The van der Waals surface area contributed by atoms with E-state index in [0.717, 1.165) is 17.9 Å². The maximum absolute atomic E-state index is 5.68. The van der Waals surface area contributed by atoms with Gasteiger partial charge in [-0.2, -0.15) is 4.98 Å². The van der Waals surface area contributed by atoms with E-state index in [0.29, 0.717) is 44.0 Å². The average molecular weight is 533 g/mol. The number of hydrogen-bond acceptors (Lipinski definition) is 7. The predicted octanol–water partition coefficient (Wildman–Crippen LogP) is 3.39. The van der Waals surface area contributed by atoms with Gasteiger partial charge in [-0.1, -0.05) is 5.16 Å². The average Bonchev–Trinajstić information content (AvgIpc) is 3.11. The molecule has 0 saturated carbocycles. The van der Waals surface area contributed by atoms with Gasteiger partial charge < -0.3 is 29.4 Å². The molecule has 2 N–H and O–H groups in total. The summed E-state index contributed by atoms with van der Waals surface area (Å²) in [5.41, 5.74) is 0.894. The van der Waals surface area contributed by atoms with Gasteiger partial charge >= 0.3 is 0 Å². The zero-order valence-electron chi connectivity index (χ0n) is 18.0. The van der Waals surface area contributed by atoms with Crippen molar-refractivity contribution in [2.45, 2.75) is 39.8 Å². The van der Waals surface area contributed by atoms with Crippen molar-refractivity contribution in [1.29, 1.82) is 0 Å². The predicted molar refractivity (Wildman–Crippen MR) is 127 cm³/mol. The summed E-state index contributed by atoms with van der Waals surface area (Å²) in [6.07, 6.45) is 0.974. The van der Waals surface area contributed by atoms with Crippen molar-refractivity contribution < 1.29 is 18.7 Å². The monoisotopic (exact) mass is 533 g/mol. The topological polar surface area (TPSA) is 103 Å². The molecule has 0 radical (unpaired) electrons. The molecule has 0 amide bonds. The highest BCUT2D eigenvalue weighted by Gasteiger charge is 2.05. The molecule has 2 rings (SSSR count). The number of aromatic nitrogens is 2. The Kier molecular flexibility index (Phi) is 13.0. The number of nitrogens with one attached hydrogen (secondary N) is 2. The third kappa shape index (κ3) is 10.7. The Morgan fingerprint density at radius 1 is 1.17 bits per heavy atom. The molecule has 0 fully saturated rings. The van der Waals surface area contributed by atoms with Gasteiger partial charge in [0, 0.05) is 25.9 Å². The van der Waals surface area contributed by atoms with Crippen LogP contribution in [0.2, 0.25) is 0 Å². The van der Waals surface area contributed by atoms with Crippen molar-refractivity contribution in [3.8, 4) is 5.75 Å². The van der Waals surface area contributed by atoms with Crippen LogP contribution in [0.25, 0.3) is 0 Å². The Balaban J connectivity index is 0.00000450. The van der Waals surface area contributed by atoms with Crippen LogP contribution in [0.5, 0.6) is 5.75 Å². The summed E-state index contributed by atoms with van der Waals surface area (Å²) in [6, 6.07) is 7.73. The van der Waals surface area contributed by atoms with E-state index in [-0.39, 0.29) is 36.6 Å². The van der Waals surface area contributed by atoms with E-state index in [4.69, 9.17) is 18.7 Å². The van der Waals surface area contributed by atoms with E-state index in [1.165, 1.54) is 0 Å². The summed E-state index contributed by atoms with van der Waals surface area (Å²) in [7, 11) is 1.66. The number of hydrogen-bond donors (Lipinski definition) is 2. The summed E-state index contributed by atoms with van der Waals surface area (Å²) in [5.74, 6) is 2.50. The minimum atomic E-state index is 0. The van der Waals surface area contributed by atoms with E-state index in [9.17, 15) is 0 Å². The van der Waals surface area contributed by atoms with E-state index in [2.05, 4.69) is 25.8 Å². The largest absolute Gasteiger partial charge is 0.491 e. The van der Waals surface area contributed by atoms with Crippen LogP contribution in [0, 0.1) is 6.92 Å². The van der Waals surface area contributed by atoms with Crippen LogP contribution in [0.1, 0.15) is 32.0 Å². The molecule has 1 aromatic carbocycles. The van der Waals surface area contributed by atoms with Gasteiger partial charge in [-0.05, 0) is 51.5 Å². The third-order valence-electron chi connectivity index (χ3n) is 3.62. The second kappa shape index (κ2) is 15.0. The lowest BCUT2D eigenvalue weighted by molar-refractivity contribution is 0.0699. The second-order valence-electron chi connectivity index (χ2n) is 6.60. The van der Waals surface area contributed by atoms with Crippen molar-refractivity contribution >= 4 is 35.6 Å². The van der Waals surface area contributed by atoms with Crippen molar-refractivity contribution in [1.82, 2.24) is 15.5 Å². The van der Waals surface area contributed by atoms with E-state index in [1.54, 1.807) is 14.0 Å². The summed E-state index contributed by atoms with van der Waals surface area (Å²) in [5, 5.41) is 10.4. The Hall–Kier alpha value is -1.92. The van der Waals surface area contributed by atoms with E-state index < -0.39 is 0 Å². The van der Waals surface area contributed by atoms with Crippen molar-refractivity contribution in [2.75, 3.05) is 38.8 Å². The molecule has 0 spiro atoms. The molecule has 0 saturated heterocycles. The number of benzene rings is 1. The number of halogens is 1. The molecule has 0 atom stereocenters. The highest BCUT2D eigenvalue weighted by Crippen LogP contribution is 2.16. The molecule has 0 aliphatic rings. The Bertz CT molecular complexity index is 737. The van der Waals surface area contributed by atoms with Crippen molar-refractivity contribution in [2.24, 2.45) is 4.99 Å². The Labute approximate surface area is 195 Å². The van der Waals surface area contributed by atoms with Gasteiger partial charge in [-0.3, -0.25) is 0 Å². The number of methoxy groups -OCH3 is 1. The molecular weight excluding hydrogens is 501 g/mol. The van der Waals surface area contributed by atoms with E-state index in [1.807, 2.05) is 38.1 Å². The van der Waals surface area contributed by atoms with Crippen LogP contribution in [-0.4, -0.2) is 55.7 Å². The fourth-order valence-electron chi connectivity index (χ4n) is 2.34. The molecule has 9 nitrogen and oxygen atoms in total. The number of aryl methyl sites for hydroxylation is 1. The van der Waals surface area contributed by atoms with Gasteiger partial charge in [-0.15, -0.1) is 24.0 Å². The summed E-state index contributed by atoms with van der Waals surface area (Å²) in [6.45, 7) is 8.61. The van der Waals surface area contributed by atoms with Crippen LogP contribution >= 0.6 is 24.0 Å². The molecule has 0 unspecified atom stereocenters. The minimum Gasteiger partial charge on any atom is -0.491 e. The summed E-state index contributed by atoms with van der Waals surface area (Å²) in [4.78, 5) is 8.71. The van der Waals surface area contributed by atoms with Crippen LogP contribution < -0.4 is 15.4 Å². The Morgan fingerprint density at radius 3 is 2.57 bits per heavy atom. The lowest BCUT2D eigenvalue weighted by Gasteiger charge is -2.14. The number of guanidine groups is 1. The minimum absolute atomic E-state index is 0. The maximum Gasteiger partial charge on any atom is 0.248 e. The van der Waals surface area contributed by atoms with Crippen LogP contribution in [0.3, 0.4) is 0 Å². The molecule has 2 aromatic rings. The second-order valence-corrected chi connectivity index (χ2v) is 6.60. The number of aliphatic imine (C=N–C) groups is 1. The quantitative estimate of drug-likeness (QED) is 0.185. The first-order chi connectivity index (χ1) is 14.1. The SMILES string of the molecule is COCCOCCCNC(=NCc1nc(C)no1)Nc1ccc(OC(C)C)cc1.I.